The third-order valence-electron chi connectivity index (χ3n) is 2.15. The van der Waals surface area contributed by atoms with Crippen LogP contribution >= 0.6 is 0 Å². The Morgan fingerprint density at radius 3 is 1.41 bits per heavy atom. The minimum Gasteiger partial charge on any atom is -0.358 e. The van der Waals surface area contributed by atoms with Crippen molar-refractivity contribution < 1.29 is 131 Å². The molecule has 1 aliphatic rings. The Bertz CT molecular complexity index is 106. The quantitative estimate of drug-likeness (QED) is 0.321. The summed E-state index contributed by atoms with van der Waals surface area (Å²) in [7, 11) is 0. The predicted molar refractivity (Wildman–Crippen MR) is 65.8 cm³/mol. The number of allylic oxidation sites excluding steroid dienone is 2. The van der Waals surface area contributed by atoms with Crippen molar-refractivity contribution in [1.29, 1.82) is 0 Å². The predicted octanol–water partition coefficient (Wildman–Crippen LogP) is 5.10. The first-order valence-electron chi connectivity index (χ1n) is 5.51. The molecule has 0 N–H and O–H groups in total. The second-order valence-corrected chi connectivity index (χ2v) is 2.69. The van der Waals surface area contributed by atoms with E-state index in [2.05, 4.69) is 26.0 Å². The third kappa shape index (κ3) is 25.5. The standard InChI is InChI=1S/C8H14.2C2H6.CH3.4Y/c1-3-8-6-4-5-7(8)2;2*1-2;;;;;/h4-5,7-8H,3,6H2,1-2H3;2*1-2H3;1H3;;;;/q;;;-1;;;;. The van der Waals surface area contributed by atoms with Crippen molar-refractivity contribution in [1.82, 2.24) is 0 Å². The summed E-state index contributed by atoms with van der Waals surface area (Å²) >= 11 is 0. The van der Waals surface area contributed by atoms with Gasteiger partial charge in [0.2, 0.25) is 0 Å². The van der Waals surface area contributed by atoms with Gasteiger partial charge in [-0.2, -0.15) is 0 Å². The summed E-state index contributed by atoms with van der Waals surface area (Å²) in [5, 5.41) is 0. The Morgan fingerprint density at radius 1 is 0.941 bits per heavy atom. The average molecular weight is 541 g/mol. The van der Waals surface area contributed by atoms with Crippen LogP contribution in [0.25, 0.3) is 0 Å². The molecule has 0 spiro atoms. The van der Waals surface area contributed by atoms with E-state index < -0.39 is 0 Å². The fourth-order valence-corrected chi connectivity index (χ4v) is 1.38. The molecule has 0 saturated carbocycles. The number of rotatable bonds is 1. The molecule has 4 radical (unpaired) electrons. The van der Waals surface area contributed by atoms with Crippen LogP contribution in [0.2, 0.25) is 0 Å². The normalized spacial score (nSPS) is 17.8. The van der Waals surface area contributed by atoms with Gasteiger partial charge in [-0.3, -0.25) is 0 Å². The Kier molecular flexibility index (Phi) is 93.1. The molecule has 0 aromatic rings. The molecule has 0 saturated heterocycles. The van der Waals surface area contributed by atoms with E-state index >= 15 is 0 Å². The van der Waals surface area contributed by atoms with Gasteiger partial charge in [0.05, 0.1) is 0 Å². The summed E-state index contributed by atoms with van der Waals surface area (Å²) in [6.07, 6.45) is 7.29. The molecule has 0 bridgehead atoms. The molecule has 0 heterocycles. The molecule has 17 heavy (non-hydrogen) atoms. The molecule has 0 fully saturated rings. The average Bonchev–Trinajstić information content (AvgIpc) is 2.58. The zero-order valence-electron chi connectivity index (χ0n) is 13.0. The van der Waals surface area contributed by atoms with Crippen LogP contribution in [0, 0.1) is 19.3 Å². The molecular weight excluding hydrogens is 512 g/mol. The minimum atomic E-state index is 0. The van der Waals surface area contributed by atoms with E-state index in [-0.39, 0.29) is 138 Å². The van der Waals surface area contributed by atoms with Crippen molar-refractivity contribution in [2.75, 3.05) is 0 Å². The molecule has 94 valence electrons. The van der Waals surface area contributed by atoms with Gasteiger partial charge in [0, 0.05) is 131 Å². The molecule has 1 aliphatic carbocycles. The van der Waals surface area contributed by atoms with Crippen molar-refractivity contribution >= 4 is 0 Å². The fourth-order valence-electron chi connectivity index (χ4n) is 1.38. The Labute approximate surface area is 212 Å². The molecule has 0 aromatic carbocycles. The van der Waals surface area contributed by atoms with Crippen LogP contribution in [-0.2, 0) is 131 Å². The summed E-state index contributed by atoms with van der Waals surface area (Å²) in [5.41, 5.74) is 0. The molecular formula is C13H29Y4-. The summed E-state index contributed by atoms with van der Waals surface area (Å²) in [6, 6.07) is 0. The van der Waals surface area contributed by atoms with Crippen LogP contribution in [0.15, 0.2) is 12.2 Å². The smallest absolute Gasteiger partial charge is 0 e. The second kappa shape index (κ2) is 36.9. The van der Waals surface area contributed by atoms with Gasteiger partial charge in [0.1, 0.15) is 0 Å². The van der Waals surface area contributed by atoms with E-state index in [1.165, 1.54) is 12.8 Å². The maximum absolute atomic E-state index is 2.33. The van der Waals surface area contributed by atoms with Crippen molar-refractivity contribution in [2.24, 2.45) is 11.8 Å². The van der Waals surface area contributed by atoms with Crippen LogP contribution in [-0.4, -0.2) is 0 Å². The summed E-state index contributed by atoms with van der Waals surface area (Å²) < 4.78 is 0. The second-order valence-electron chi connectivity index (χ2n) is 2.69. The maximum atomic E-state index is 2.33. The summed E-state index contributed by atoms with van der Waals surface area (Å²) in [6.45, 7) is 12.6. The van der Waals surface area contributed by atoms with Crippen LogP contribution in [0.5, 0.6) is 0 Å². The SMILES string of the molecule is CC.CC.CCC1CC=CC1C.[CH3-].[Y].[Y].[Y].[Y]. The number of hydrogen-bond acceptors (Lipinski definition) is 0. The van der Waals surface area contributed by atoms with Crippen LogP contribution in [0.3, 0.4) is 0 Å². The molecule has 0 amide bonds. The zero-order chi connectivity index (χ0) is 9.98. The van der Waals surface area contributed by atoms with Gasteiger partial charge in [-0.25, -0.2) is 0 Å². The molecule has 1 rings (SSSR count). The minimum absolute atomic E-state index is 0. The monoisotopic (exact) mass is 541 g/mol. The third-order valence-corrected chi connectivity index (χ3v) is 2.15. The Balaban J connectivity index is -0.0000000204. The van der Waals surface area contributed by atoms with Crippen molar-refractivity contribution in [3.63, 3.8) is 0 Å². The molecule has 2 unspecified atom stereocenters. The zero-order valence-corrected chi connectivity index (χ0v) is 24.4. The first-order chi connectivity index (χ1) is 5.84. The van der Waals surface area contributed by atoms with Gasteiger partial charge >= 0.3 is 0 Å². The fraction of sp³-hybridized carbons (Fsp3) is 0.769. The van der Waals surface area contributed by atoms with Gasteiger partial charge in [-0.1, -0.05) is 60.1 Å². The topological polar surface area (TPSA) is 0 Å². The largest absolute Gasteiger partial charge is 0.358 e. The molecule has 0 aromatic heterocycles. The van der Waals surface area contributed by atoms with Gasteiger partial charge < -0.3 is 7.43 Å². The van der Waals surface area contributed by atoms with Crippen molar-refractivity contribution in [3.05, 3.63) is 19.6 Å². The van der Waals surface area contributed by atoms with E-state index in [0.717, 1.165) is 11.8 Å². The molecule has 0 aliphatic heterocycles. The Hall–Kier alpha value is 4.16. The molecule has 0 nitrogen and oxygen atoms in total. The van der Waals surface area contributed by atoms with E-state index in [9.17, 15) is 0 Å². The van der Waals surface area contributed by atoms with Crippen molar-refractivity contribution in [2.45, 2.75) is 54.4 Å². The van der Waals surface area contributed by atoms with Gasteiger partial charge in [0.25, 0.3) is 0 Å². The first kappa shape index (κ1) is 42.9. The molecule has 2 atom stereocenters. The maximum Gasteiger partial charge on any atom is 0 e. The van der Waals surface area contributed by atoms with Gasteiger partial charge in [-0.05, 0) is 18.3 Å². The van der Waals surface area contributed by atoms with E-state index in [4.69, 9.17) is 0 Å². The summed E-state index contributed by atoms with van der Waals surface area (Å²) in [5.74, 6) is 1.80. The summed E-state index contributed by atoms with van der Waals surface area (Å²) in [4.78, 5) is 0. The number of hydrogen-bond donors (Lipinski definition) is 0. The van der Waals surface area contributed by atoms with E-state index in [1.54, 1.807) is 0 Å². The van der Waals surface area contributed by atoms with Crippen molar-refractivity contribution in [3.8, 4) is 0 Å². The van der Waals surface area contributed by atoms with Gasteiger partial charge in [0.15, 0.2) is 0 Å². The van der Waals surface area contributed by atoms with Crippen LogP contribution in [0.1, 0.15) is 54.4 Å². The van der Waals surface area contributed by atoms with Crippen LogP contribution < -0.4 is 0 Å². The molecule has 4 heteroatoms. The first-order valence-corrected chi connectivity index (χ1v) is 5.51. The van der Waals surface area contributed by atoms with E-state index in [1.807, 2.05) is 27.7 Å². The van der Waals surface area contributed by atoms with E-state index in [0.29, 0.717) is 0 Å². The van der Waals surface area contributed by atoms with Crippen LogP contribution in [0.4, 0.5) is 0 Å². The van der Waals surface area contributed by atoms with Gasteiger partial charge in [-0.15, -0.1) is 0 Å². The Morgan fingerprint density at radius 2 is 1.29 bits per heavy atom.